The predicted molar refractivity (Wildman–Crippen MR) is 84.9 cm³/mol. The van der Waals surface area contributed by atoms with Crippen molar-refractivity contribution >= 4 is 17.6 Å². The Balaban J connectivity index is 1.92. The molecule has 4 rings (SSSR count). The first kappa shape index (κ1) is 14.2. The lowest BCUT2D eigenvalue weighted by Gasteiger charge is -2.26. The summed E-state index contributed by atoms with van der Waals surface area (Å²) in [4.78, 5) is 12.2. The number of halogens is 1. The van der Waals surface area contributed by atoms with Gasteiger partial charge in [-0.1, -0.05) is 29.8 Å². The molecule has 0 aliphatic carbocycles. The average Bonchev–Trinajstić information content (AvgIpc) is 2.93. The highest BCUT2D eigenvalue weighted by molar-refractivity contribution is 6.30. The average molecular weight is 329 g/mol. The molecule has 0 N–H and O–H groups in total. The number of methoxy groups -OCH3 is 1. The molecule has 2 aliphatic heterocycles. The molecule has 0 saturated heterocycles. The van der Waals surface area contributed by atoms with E-state index in [0.29, 0.717) is 27.9 Å². The number of cyclic esters (lactones) is 1. The van der Waals surface area contributed by atoms with Crippen LogP contribution in [0.4, 0.5) is 0 Å². The van der Waals surface area contributed by atoms with Crippen LogP contribution in [-0.2, 0) is 9.53 Å². The van der Waals surface area contributed by atoms with E-state index in [1.165, 1.54) is 0 Å². The Kier molecular flexibility index (Phi) is 3.27. The predicted octanol–water partition coefficient (Wildman–Crippen LogP) is 3.68. The monoisotopic (exact) mass is 328 g/mol. The van der Waals surface area contributed by atoms with Gasteiger partial charge in [0.1, 0.15) is 18.1 Å². The lowest BCUT2D eigenvalue weighted by atomic mass is 9.82. The molecule has 0 fully saturated rings. The van der Waals surface area contributed by atoms with Gasteiger partial charge in [-0.05, 0) is 23.8 Å². The Bertz CT molecular complexity index is 841. The van der Waals surface area contributed by atoms with E-state index in [1.54, 1.807) is 7.11 Å². The van der Waals surface area contributed by atoms with Crippen molar-refractivity contribution in [1.82, 2.24) is 0 Å². The topological polar surface area (TPSA) is 44.8 Å². The molecule has 5 heteroatoms. The molecule has 2 aromatic carbocycles. The van der Waals surface area contributed by atoms with Gasteiger partial charge in [0.25, 0.3) is 0 Å². The number of esters is 1. The molecule has 23 heavy (non-hydrogen) atoms. The van der Waals surface area contributed by atoms with Gasteiger partial charge in [0.15, 0.2) is 5.76 Å². The van der Waals surface area contributed by atoms with E-state index in [4.69, 9.17) is 25.8 Å². The Labute approximate surface area is 138 Å². The zero-order chi connectivity index (χ0) is 16.0. The van der Waals surface area contributed by atoms with Crippen LogP contribution in [0.3, 0.4) is 0 Å². The van der Waals surface area contributed by atoms with Gasteiger partial charge in [-0.25, -0.2) is 4.79 Å². The summed E-state index contributed by atoms with van der Waals surface area (Å²) >= 11 is 6.13. The third-order valence-corrected chi connectivity index (χ3v) is 4.33. The maximum absolute atomic E-state index is 12.2. The van der Waals surface area contributed by atoms with Gasteiger partial charge in [-0.2, -0.15) is 0 Å². The van der Waals surface area contributed by atoms with Crippen LogP contribution in [0.5, 0.6) is 11.5 Å². The van der Waals surface area contributed by atoms with Gasteiger partial charge < -0.3 is 14.2 Å². The van der Waals surface area contributed by atoms with Gasteiger partial charge in [0, 0.05) is 22.6 Å². The summed E-state index contributed by atoms with van der Waals surface area (Å²) in [5, 5.41) is 0.623. The van der Waals surface area contributed by atoms with Crippen molar-refractivity contribution in [3.63, 3.8) is 0 Å². The highest BCUT2D eigenvalue weighted by atomic mass is 35.5. The minimum atomic E-state index is -0.341. The number of hydrogen-bond donors (Lipinski definition) is 0. The van der Waals surface area contributed by atoms with Crippen molar-refractivity contribution in [2.24, 2.45) is 0 Å². The summed E-state index contributed by atoms with van der Waals surface area (Å²) in [6.45, 7) is 0.155. The van der Waals surface area contributed by atoms with Crippen molar-refractivity contribution in [2.45, 2.75) is 5.92 Å². The first-order valence-electron chi connectivity index (χ1n) is 7.19. The highest BCUT2D eigenvalue weighted by Crippen LogP contribution is 2.46. The molecular weight excluding hydrogens is 316 g/mol. The highest BCUT2D eigenvalue weighted by Gasteiger charge is 2.40. The second-order valence-corrected chi connectivity index (χ2v) is 5.84. The van der Waals surface area contributed by atoms with E-state index in [-0.39, 0.29) is 18.5 Å². The largest absolute Gasteiger partial charge is 0.497 e. The second kappa shape index (κ2) is 5.32. The van der Waals surface area contributed by atoms with Crippen LogP contribution in [0.25, 0.3) is 0 Å². The zero-order valence-electron chi connectivity index (χ0n) is 12.3. The molecule has 0 bridgehead atoms. The van der Waals surface area contributed by atoms with Gasteiger partial charge in [-0.15, -0.1) is 0 Å². The summed E-state index contributed by atoms with van der Waals surface area (Å²) in [6.07, 6.45) is 0. The number of carbonyl (C=O) groups is 1. The normalized spacial score (nSPS) is 18.9. The van der Waals surface area contributed by atoms with Crippen LogP contribution in [0.2, 0.25) is 5.02 Å². The van der Waals surface area contributed by atoms with Crippen LogP contribution in [0.15, 0.2) is 53.8 Å². The number of ether oxygens (including phenoxy) is 3. The van der Waals surface area contributed by atoms with Crippen molar-refractivity contribution in [3.8, 4) is 11.5 Å². The van der Waals surface area contributed by atoms with Crippen LogP contribution in [0.1, 0.15) is 17.0 Å². The summed E-state index contributed by atoms with van der Waals surface area (Å²) in [7, 11) is 1.60. The lowest BCUT2D eigenvalue weighted by Crippen LogP contribution is -2.18. The van der Waals surface area contributed by atoms with Gasteiger partial charge in [0.2, 0.25) is 0 Å². The summed E-state index contributed by atoms with van der Waals surface area (Å²) < 4.78 is 16.3. The molecule has 0 saturated carbocycles. The third-order valence-electron chi connectivity index (χ3n) is 4.09. The molecule has 0 amide bonds. The molecule has 2 heterocycles. The fourth-order valence-electron chi connectivity index (χ4n) is 3.05. The van der Waals surface area contributed by atoms with Gasteiger partial charge in [-0.3, -0.25) is 0 Å². The van der Waals surface area contributed by atoms with Gasteiger partial charge in [0.05, 0.1) is 12.7 Å². The van der Waals surface area contributed by atoms with E-state index >= 15 is 0 Å². The molecule has 116 valence electrons. The van der Waals surface area contributed by atoms with E-state index in [2.05, 4.69) is 0 Å². The standard InChI is InChI=1S/C18H13ClO4/c1-21-12-5-6-13-14(8-12)23-15-9-22-18(20)17(15)16(13)10-3-2-4-11(19)7-10/h2-8,16H,9H2,1H3. The maximum Gasteiger partial charge on any atom is 0.339 e. The van der Waals surface area contributed by atoms with Crippen LogP contribution < -0.4 is 9.47 Å². The molecule has 2 aliphatic rings. The van der Waals surface area contributed by atoms with E-state index in [9.17, 15) is 4.79 Å². The van der Waals surface area contributed by atoms with Crippen LogP contribution in [0, 0.1) is 0 Å². The number of hydrogen-bond acceptors (Lipinski definition) is 4. The molecule has 0 aromatic heterocycles. The van der Waals surface area contributed by atoms with Crippen molar-refractivity contribution in [2.75, 3.05) is 13.7 Å². The van der Waals surface area contributed by atoms with Gasteiger partial charge >= 0.3 is 5.97 Å². The Hall–Kier alpha value is -2.46. The van der Waals surface area contributed by atoms with Crippen LogP contribution >= 0.6 is 11.6 Å². The van der Waals surface area contributed by atoms with Crippen molar-refractivity contribution in [3.05, 3.63) is 69.9 Å². The molecule has 1 unspecified atom stereocenters. The number of carbonyl (C=O) groups excluding carboxylic acids is 1. The van der Waals surface area contributed by atoms with Crippen LogP contribution in [-0.4, -0.2) is 19.7 Å². The zero-order valence-corrected chi connectivity index (χ0v) is 13.1. The summed E-state index contributed by atoms with van der Waals surface area (Å²) in [5.41, 5.74) is 2.37. The first-order valence-corrected chi connectivity index (χ1v) is 7.56. The van der Waals surface area contributed by atoms with E-state index < -0.39 is 0 Å². The Morgan fingerprint density at radius 2 is 2.09 bits per heavy atom. The van der Waals surface area contributed by atoms with E-state index in [0.717, 1.165) is 11.1 Å². The molecule has 4 nitrogen and oxygen atoms in total. The Morgan fingerprint density at radius 1 is 1.22 bits per heavy atom. The van der Waals surface area contributed by atoms with E-state index in [1.807, 2.05) is 42.5 Å². The fraction of sp³-hybridized carbons (Fsp3) is 0.167. The van der Waals surface area contributed by atoms with Crippen molar-refractivity contribution in [1.29, 1.82) is 0 Å². The number of benzene rings is 2. The number of fused-ring (bicyclic) bond motifs is 1. The SMILES string of the molecule is COc1ccc2c(c1)OC1=C(C(=O)OC1)C2c1cccc(Cl)c1. The molecular formula is C18H13ClO4. The molecule has 2 aromatic rings. The molecule has 0 spiro atoms. The summed E-state index contributed by atoms with van der Waals surface area (Å²) in [6, 6.07) is 13.1. The maximum atomic E-state index is 12.2. The molecule has 0 radical (unpaired) electrons. The fourth-order valence-corrected chi connectivity index (χ4v) is 3.25. The lowest BCUT2D eigenvalue weighted by molar-refractivity contribution is -0.136. The second-order valence-electron chi connectivity index (χ2n) is 5.41. The Morgan fingerprint density at radius 3 is 2.87 bits per heavy atom. The smallest absolute Gasteiger partial charge is 0.339 e. The minimum absolute atomic E-state index is 0.155. The number of rotatable bonds is 2. The molecule has 1 atom stereocenters. The van der Waals surface area contributed by atoms with Crippen molar-refractivity contribution < 1.29 is 19.0 Å². The third kappa shape index (κ3) is 2.26. The first-order chi connectivity index (χ1) is 11.2. The quantitative estimate of drug-likeness (QED) is 0.789. The summed E-state index contributed by atoms with van der Waals surface area (Å²) in [5.74, 6) is 1.33. The minimum Gasteiger partial charge on any atom is -0.497 e.